The molecule has 1 aliphatic rings. The van der Waals surface area contributed by atoms with Gasteiger partial charge >= 0.3 is 5.97 Å². The van der Waals surface area contributed by atoms with Gasteiger partial charge in [-0.05, 0) is 43.3 Å². The van der Waals surface area contributed by atoms with Crippen molar-refractivity contribution in [3.8, 4) is 11.3 Å². The first-order valence-electron chi connectivity index (χ1n) is 10.8. The van der Waals surface area contributed by atoms with E-state index >= 15 is 0 Å². The van der Waals surface area contributed by atoms with Gasteiger partial charge in [0.1, 0.15) is 5.82 Å². The van der Waals surface area contributed by atoms with E-state index in [1.165, 1.54) is 0 Å². The smallest absolute Gasteiger partial charge is 0.335 e. The Labute approximate surface area is 186 Å². The molecule has 1 N–H and O–H groups in total. The maximum atomic E-state index is 11.5. The normalized spacial score (nSPS) is 16.3. The van der Waals surface area contributed by atoms with Crippen molar-refractivity contribution in [1.82, 2.24) is 9.97 Å². The van der Waals surface area contributed by atoms with E-state index in [1.807, 2.05) is 42.6 Å². The first kappa shape index (κ1) is 20.0. The van der Waals surface area contributed by atoms with Crippen molar-refractivity contribution >= 4 is 28.4 Å². The van der Waals surface area contributed by atoms with Gasteiger partial charge in [0.15, 0.2) is 0 Å². The average Bonchev–Trinajstić information content (AvgIpc) is 2.84. The predicted molar refractivity (Wildman–Crippen MR) is 127 cm³/mol. The largest absolute Gasteiger partial charge is 0.478 e. The Morgan fingerprint density at radius 3 is 2.53 bits per heavy atom. The summed E-state index contributed by atoms with van der Waals surface area (Å²) in [5.41, 5.74) is 4.05. The van der Waals surface area contributed by atoms with Gasteiger partial charge in [-0.15, -0.1) is 0 Å². The molecule has 1 fully saturated rings. The van der Waals surface area contributed by atoms with Crippen LogP contribution in [0.5, 0.6) is 0 Å². The summed E-state index contributed by atoms with van der Waals surface area (Å²) in [6.07, 6.45) is 1.83. The van der Waals surface area contributed by atoms with Crippen LogP contribution in [0.1, 0.15) is 17.3 Å². The second kappa shape index (κ2) is 8.30. The predicted octanol–water partition coefficient (Wildman–Crippen LogP) is 4.71. The van der Waals surface area contributed by atoms with Crippen LogP contribution in [0.15, 0.2) is 79.0 Å². The Balaban J connectivity index is 1.57. The van der Waals surface area contributed by atoms with Crippen LogP contribution < -0.4 is 9.80 Å². The molecule has 5 rings (SSSR count). The van der Waals surface area contributed by atoms with Crippen molar-refractivity contribution < 1.29 is 9.90 Å². The molecule has 0 aliphatic carbocycles. The number of aromatic nitrogens is 2. The molecule has 160 valence electrons. The van der Waals surface area contributed by atoms with E-state index in [1.54, 1.807) is 18.2 Å². The maximum Gasteiger partial charge on any atom is 0.335 e. The van der Waals surface area contributed by atoms with Crippen LogP contribution in [0, 0.1) is 0 Å². The molecule has 0 amide bonds. The van der Waals surface area contributed by atoms with Gasteiger partial charge in [-0.25, -0.2) is 14.8 Å². The van der Waals surface area contributed by atoms with E-state index in [-0.39, 0.29) is 11.6 Å². The van der Waals surface area contributed by atoms with Crippen molar-refractivity contribution in [3.05, 3.63) is 84.6 Å². The highest BCUT2D eigenvalue weighted by Crippen LogP contribution is 2.35. The van der Waals surface area contributed by atoms with Crippen molar-refractivity contribution in [3.63, 3.8) is 0 Å². The molecule has 0 saturated carbocycles. The fraction of sp³-hybridized carbons (Fsp3) is 0.192. The molecule has 1 aliphatic heterocycles. The molecular weight excluding hydrogens is 400 g/mol. The minimum atomic E-state index is -0.932. The highest BCUT2D eigenvalue weighted by atomic mass is 16.4. The van der Waals surface area contributed by atoms with E-state index in [0.717, 1.165) is 53.3 Å². The van der Waals surface area contributed by atoms with Gasteiger partial charge in [0.2, 0.25) is 0 Å². The highest BCUT2D eigenvalue weighted by Gasteiger charge is 2.27. The molecule has 1 saturated heterocycles. The lowest BCUT2D eigenvalue weighted by Gasteiger charge is -2.42. The number of hydrogen-bond donors (Lipinski definition) is 1. The highest BCUT2D eigenvalue weighted by molar-refractivity contribution is 5.96. The van der Waals surface area contributed by atoms with Crippen molar-refractivity contribution in [2.75, 3.05) is 29.4 Å². The van der Waals surface area contributed by atoms with Gasteiger partial charge in [-0.2, -0.15) is 0 Å². The topological polar surface area (TPSA) is 69.6 Å². The number of carbonyl (C=O) groups is 1. The second-order valence-electron chi connectivity index (χ2n) is 8.11. The lowest BCUT2D eigenvalue weighted by molar-refractivity contribution is 0.0697. The standard InChI is InChI=1S/C26H24N4O2/c1-18-17-29(24-9-5-6-12-27-24)13-14-30(18)23-16-21-15-20(26(31)32)10-11-22(21)28-25(23)19-7-3-2-4-8-19/h2-12,15-16,18H,13-14,17H2,1H3,(H,31,32)/t18-/m0/s1. The molecule has 1 atom stereocenters. The zero-order chi connectivity index (χ0) is 22.1. The fourth-order valence-corrected chi connectivity index (χ4v) is 4.39. The first-order chi connectivity index (χ1) is 15.6. The minimum absolute atomic E-state index is 0.232. The number of carboxylic acid groups (broad SMARTS) is 1. The molecule has 4 aromatic rings. The SMILES string of the molecule is C[C@H]1CN(c2ccccn2)CCN1c1cc2cc(C(=O)O)ccc2nc1-c1ccccc1. The van der Waals surface area contributed by atoms with E-state index in [9.17, 15) is 9.90 Å². The molecule has 32 heavy (non-hydrogen) atoms. The number of rotatable bonds is 4. The van der Waals surface area contributed by atoms with Gasteiger partial charge in [0, 0.05) is 42.8 Å². The fourth-order valence-electron chi connectivity index (χ4n) is 4.39. The molecule has 2 aromatic heterocycles. The lowest BCUT2D eigenvalue weighted by Crippen LogP contribution is -2.52. The van der Waals surface area contributed by atoms with Crippen LogP contribution in [0.4, 0.5) is 11.5 Å². The summed E-state index contributed by atoms with van der Waals surface area (Å²) >= 11 is 0. The summed E-state index contributed by atoms with van der Waals surface area (Å²) in [4.78, 5) is 25.7. The van der Waals surface area contributed by atoms with E-state index < -0.39 is 5.97 Å². The summed E-state index contributed by atoms with van der Waals surface area (Å²) in [6.45, 7) is 4.73. The quantitative estimate of drug-likeness (QED) is 0.512. The Kier molecular flexibility index (Phi) is 5.19. The second-order valence-corrected chi connectivity index (χ2v) is 8.11. The van der Waals surface area contributed by atoms with Crippen molar-refractivity contribution in [2.24, 2.45) is 0 Å². The molecule has 0 spiro atoms. The number of carboxylic acids is 1. The first-order valence-corrected chi connectivity index (χ1v) is 10.8. The molecule has 0 unspecified atom stereocenters. The Morgan fingerprint density at radius 1 is 1.00 bits per heavy atom. The van der Waals surface area contributed by atoms with Crippen LogP contribution in [0.3, 0.4) is 0 Å². The van der Waals surface area contributed by atoms with Crippen LogP contribution in [-0.4, -0.2) is 46.7 Å². The molecule has 0 bridgehead atoms. The number of hydrogen-bond acceptors (Lipinski definition) is 5. The molecule has 3 heterocycles. The number of nitrogens with zero attached hydrogens (tertiary/aromatic N) is 4. The number of benzene rings is 2. The number of fused-ring (bicyclic) bond motifs is 1. The summed E-state index contributed by atoms with van der Waals surface area (Å²) in [5, 5.41) is 10.3. The third-order valence-electron chi connectivity index (χ3n) is 6.00. The maximum absolute atomic E-state index is 11.5. The molecule has 0 radical (unpaired) electrons. The van der Waals surface area contributed by atoms with Crippen molar-refractivity contribution in [2.45, 2.75) is 13.0 Å². The third-order valence-corrected chi connectivity index (χ3v) is 6.00. The van der Waals surface area contributed by atoms with Gasteiger partial charge in [0.25, 0.3) is 0 Å². The Hall–Kier alpha value is -3.93. The van der Waals surface area contributed by atoms with Crippen molar-refractivity contribution in [1.29, 1.82) is 0 Å². The summed E-state index contributed by atoms with van der Waals surface area (Å²) in [6, 6.07) is 23.6. The number of aromatic carboxylic acids is 1. The van der Waals surface area contributed by atoms with E-state index in [0.29, 0.717) is 0 Å². The number of piperazine rings is 1. The molecule has 6 nitrogen and oxygen atoms in total. The summed E-state index contributed by atoms with van der Waals surface area (Å²) in [7, 11) is 0. The molecular formula is C26H24N4O2. The Bertz CT molecular complexity index is 1260. The van der Waals surface area contributed by atoms with Gasteiger partial charge in [-0.3, -0.25) is 0 Å². The lowest BCUT2D eigenvalue weighted by atomic mass is 10.0. The van der Waals surface area contributed by atoms with E-state index in [2.05, 4.69) is 39.9 Å². The van der Waals surface area contributed by atoms with Crippen LogP contribution in [0.2, 0.25) is 0 Å². The van der Waals surface area contributed by atoms with Gasteiger partial charge < -0.3 is 14.9 Å². The molecule has 6 heteroatoms. The zero-order valence-electron chi connectivity index (χ0n) is 17.8. The van der Waals surface area contributed by atoms with Gasteiger partial charge in [-0.1, -0.05) is 36.4 Å². The summed E-state index contributed by atoms with van der Waals surface area (Å²) in [5.74, 6) is 0.0583. The average molecular weight is 425 g/mol. The monoisotopic (exact) mass is 424 g/mol. The van der Waals surface area contributed by atoms with Crippen LogP contribution in [0.25, 0.3) is 22.2 Å². The molecule has 2 aromatic carbocycles. The number of anilines is 2. The van der Waals surface area contributed by atoms with E-state index in [4.69, 9.17) is 4.98 Å². The number of pyridine rings is 2. The Morgan fingerprint density at radius 2 is 1.81 bits per heavy atom. The van der Waals surface area contributed by atoms with Crippen LogP contribution >= 0.6 is 0 Å². The zero-order valence-corrected chi connectivity index (χ0v) is 17.8. The third kappa shape index (κ3) is 3.75. The minimum Gasteiger partial charge on any atom is -0.478 e. The van der Waals surface area contributed by atoms with Gasteiger partial charge in [0.05, 0.1) is 22.5 Å². The van der Waals surface area contributed by atoms with Crippen LogP contribution in [-0.2, 0) is 0 Å². The summed E-state index contributed by atoms with van der Waals surface area (Å²) < 4.78 is 0.